The predicted octanol–water partition coefficient (Wildman–Crippen LogP) is 8.24. The summed E-state index contributed by atoms with van der Waals surface area (Å²) in [6.07, 6.45) is 3.17. The number of ether oxygens (including phenoxy) is 2. The van der Waals surface area contributed by atoms with E-state index in [2.05, 4.69) is 52.5 Å². The lowest BCUT2D eigenvalue weighted by atomic mass is 10.2. The predicted molar refractivity (Wildman–Crippen MR) is 195 cm³/mol. The summed E-state index contributed by atoms with van der Waals surface area (Å²) in [5.41, 5.74) is 2.95. The molecule has 4 aromatic rings. The van der Waals surface area contributed by atoms with Crippen LogP contribution < -0.4 is 10.6 Å². The molecule has 2 amide bonds. The van der Waals surface area contributed by atoms with Crippen molar-refractivity contribution in [3.05, 3.63) is 81.5 Å². The lowest BCUT2D eigenvalue weighted by Gasteiger charge is -2.22. The Kier molecular flexibility index (Phi) is 14.6. The van der Waals surface area contributed by atoms with Crippen molar-refractivity contribution in [1.82, 2.24) is 29.7 Å². The van der Waals surface area contributed by atoms with Gasteiger partial charge in [-0.1, -0.05) is 71.0 Å². The van der Waals surface area contributed by atoms with Gasteiger partial charge in [0, 0.05) is 32.5 Å². The molecule has 0 bridgehead atoms. The van der Waals surface area contributed by atoms with Gasteiger partial charge >= 0.3 is 12.1 Å². The van der Waals surface area contributed by atoms with E-state index in [1.54, 1.807) is 45.4 Å². The van der Waals surface area contributed by atoms with E-state index < -0.39 is 17.7 Å². The average molecular weight is 791 g/mol. The third-order valence-electron chi connectivity index (χ3n) is 6.70. The van der Waals surface area contributed by atoms with Gasteiger partial charge in [-0.05, 0) is 65.8 Å². The van der Waals surface area contributed by atoms with E-state index in [1.807, 2.05) is 66.2 Å². The molecular weight excluding hydrogens is 744 g/mol. The fourth-order valence-electron chi connectivity index (χ4n) is 4.73. The van der Waals surface area contributed by atoms with Crippen molar-refractivity contribution in [2.24, 2.45) is 0 Å². The lowest BCUT2D eigenvalue weighted by Crippen LogP contribution is -2.37. The highest BCUT2D eigenvalue weighted by atomic mass is 79.9. The molecule has 0 spiro atoms. The smallest absolute Gasteiger partial charge is 0.408 e. The number of benzene rings is 2. The van der Waals surface area contributed by atoms with Crippen LogP contribution >= 0.6 is 31.9 Å². The molecule has 11 nitrogen and oxygen atoms in total. The highest BCUT2D eigenvalue weighted by Crippen LogP contribution is 2.26. The maximum Gasteiger partial charge on any atom is 0.408 e. The second-order valence-corrected chi connectivity index (χ2v) is 13.5. The molecule has 0 aliphatic carbocycles. The Balaban J connectivity index is 0.000000346. The van der Waals surface area contributed by atoms with Crippen LogP contribution in [0.15, 0.2) is 69.9 Å². The minimum atomic E-state index is -0.604. The molecule has 0 radical (unpaired) electrons. The number of carbonyl (C=O) groups is 3. The Labute approximate surface area is 300 Å². The van der Waals surface area contributed by atoms with Gasteiger partial charge in [0.15, 0.2) is 0 Å². The first kappa shape index (κ1) is 40.2. The number of alkyl carbamates (subject to hydrolysis) is 1. The molecule has 1 aliphatic rings. The van der Waals surface area contributed by atoms with Crippen molar-refractivity contribution in [2.45, 2.75) is 87.2 Å². The van der Waals surface area contributed by atoms with E-state index >= 15 is 0 Å². The lowest BCUT2D eigenvalue weighted by molar-refractivity contribution is -0.143. The number of esters is 1. The van der Waals surface area contributed by atoms with Crippen LogP contribution in [0.4, 0.5) is 4.79 Å². The van der Waals surface area contributed by atoms with Crippen LogP contribution in [0.2, 0.25) is 0 Å². The number of imidazole rings is 2. The molecule has 0 saturated heterocycles. The van der Waals surface area contributed by atoms with Gasteiger partial charge in [-0.3, -0.25) is 9.59 Å². The first-order chi connectivity index (χ1) is 21.7. The van der Waals surface area contributed by atoms with E-state index in [0.29, 0.717) is 24.7 Å². The van der Waals surface area contributed by atoms with Crippen LogP contribution in [0.3, 0.4) is 0 Å². The molecule has 260 valence electrons. The molecule has 1 aliphatic heterocycles. The van der Waals surface area contributed by atoms with E-state index in [0.717, 1.165) is 31.6 Å². The van der Waals surface area contributed by atoms with Crippen molar-refractivity contribution in [1.29, 1.82) is 0 Å². The Hall–Kier alpha value is -3.97. The second-order valence-electron chi connectivity index (χ2n) is 11.7. The number of aromatic nitrogens is 4. The van der Waals surface area contributed by atoms with E-state index in [9.17, 15) is 14.4 Å². The summed E-state index contributed by atoms with van der Waals surface area (Å²) >= 11 is 6.83. The zero-order valence-electron chi connectivity index (χ0n) is 26.6. The first-order valence-electron chi connectivity index (χ1n) is 14.8. The number of hydrogen-bond acceptors (Lipinski definition) is 7. The van der Waals surface area contributed by atoms with Gasteiger partial charge < -0.3 is 29.2 Å². The third kappa shape index (κ3) is 11.0. The highest BCUT2D eigenvalue weighted by Gasteiger charge is 2.24. The molecule has 2 aromatic heterocycles. The summed E-state index contributed by atoms with van der Waals surface area (Å²) in [6, 6.07) is 15.2. The summed E-state index contributed by atoms with van der Waals surface area (Å²) < 4.78 is 16.0. The fraction of sp³-hybridized carbons (Fsp3) is 0.400. The maximum atomic E-state index is 12.1. The summed E-state index contributed by atoms with van der Waals surface area (Å²) in [4.78, 5) is 44.8. The maximum absolute atomic E-state index is 12.1. The standard InChI is InChI=1S/C20H26BrN3O4.C13H12BrN3O.2CH4/c1-6-27-17(25)12-24-11-16(14-7-9-15(21)10-8-14)23-18(24)13(2)22-19(26)28-20(3,4)5;1-8-13-16-11(6-17(13)7-12(18)15-8)9-2-4-10(14)5-3-9;;/h7-11,13H,6,12H2,1-5H3,(H,22,26);2-6,8H,7H2,1H3,(H,15,18);2*1H4. The normalized spacial score (nSPS) is 14.1. The topological polar surface area (TPSA) is 129 Å². The van der Waals surface area contributed by atoms with Crippen LogP contribution in [-0.4, -0.2) is 49.3 Å². The average Bonchev–Trinajstić information content (AvgIpc) is 3.58. The molecule has 48 heavy (non-hydrogen) atoms. The van der Waals surface area contributed by atoms with Crippen molar-refractivity contribution < 1.29 is 23.9 Å². The number of nitrogens with one attached hydrogen (secondary N) is 2. The number of rotatable bonds is 7. The van der Waals surface area contributed by atoms with Gasteiger partial charge in [0.25, 0.3) is 0 Å². The van der Waals surface area contributed by atoms with E-state index in [4.69, 9.17) is 9.47 Å². The van der Waals surface area contributed by atoms with Gasteiger partial charge in [0.05, 0.1) is 30.1 Å². The molecule has 2 unspecified atom stereocenters. The van der Waals surface area contributed by atoms with Crippen LogP contribution in [0, 0.1) is 0 Å². The minimum Gasteiger partial charge on any atom is -0.465 e. The van der Waals surface area contributed by atoms with E-state index in [1.165, 1.54) is 0 Å². The minimum absolute atomic E-state index is 0. The van der Waals surface area contributed by atoms with Crippen molar-refractivity contribution in [3.63, 3.8) is 0 Å². The van der Waals surface area contributed by atoms with Crippen molar-refractivity contribution in [2.75, 3.05) is 6.61 Å². The number of fused-ring (bicyclic) bond motifs is 1. The molecular formula is C35H46Br2N6O5. The largest absolute Gasteiger partial charge is 0.465 e. The summed E-state index contributed by atoms with van der Waals surface area (Å²) in [6.45, 7) is 11.5. The fourth-order valence-corrected chi connectivity index (χ4v) is 5.25. The number of hydrogen-bond donors (Lipinski definition) is 2. The molecule has 2 aromatic carbocycles. The Morgan fingerprint density at radius 3 is 2.04 bits per heavy atom. The van der Waals surface area contributed by atoms with Crippen LogP contribution in [0.25, 0.3) is 22.5 Å². The van der Waals surface area contributed by atoms with Gasteiger partial charge in [0.1, 0.15) is 30.3 Å². The van der Waals surface area contributed by atoms with Gasteiger partial charge in [-0.15, -0.1) is 0 Å². The second kappa shape index (κ2) is 17.4. The SMILES string of the molecule is C.C.CC1NC(=O)Cn2cc(-c3ccc(Br)cc3)nc21.CCOC(=O)Cn1cc(-c2ccc(Br)cc2)nc1C(C)NC(=O)OC(C)(C)C. The highest BCUT2D eigenvalue weighted by molar-refractivity contribution is 9.10. The molecule has 2 atom stereocenters. The van der Waals surface area contributed by atoms with Gasteiger partial charge in [-0.2, -0.15) is 0 Å². The van der Waals surface area contributed by atoms with Crippen LogP contribution in [-0.2, 0) is 32.2 Å². The number of amides is 2. The molecule has 3 heterocycles. The molecule has 0 saturated carbocycles. The monoisotopic (exact) mass is 788 g/mol. The molecule has 2 N–H and O–H groups in total. The Morgan fingerprint density at radius 2 is 1.52 bits per heavy atom. The van der Waals surface area contributed by atoms with Crippen LogP contribution in [0.5, 0.6) is 0 Å². The van der Waals surface area contributed by atoms with E-state index in [-0.39, 0.29) is 39.3 Å². The Bertz CT molecular complexity index is 1680. The first-order valence-corrected chi connectivity index (χ1v) is 16.4. The zero-order valence-corrected chi connectivity index (χ0v) is 29.8. The van der Waals surface area contributed by atoms with Crippen molar-refractivity contribution >= 4 is 49.8 Å². The van der Waals surface area contributed by atoms with Gasteiger partial charge in [0.2, 0.25) is 5.91 Å². The third-order valence-corrected chi connectivity index (χ3v) is 7.76. The zero-order chi connectivity index (χ0) is 33.6. The number of halogens is 2. The Morgan fingerprint density at radius 1 is 0.979 bits per heavy atom. The molecule has 5 rings (SSSR count). The van der Waals surface area contributed by atoms with Gasteiger partial charge in [-0.25, -0.2) is 14.8 Å². The quantitative estimate of drug-likeness (QED) is 0.181. The number of carbonyl (C=O) groups excluding carboxylic acids is 3. The van der Waals surface area contributed by atoms with Crippen LogP contribution in [0.1, 0.15) is 80.1 Å². The summed E-state index contributed by atoms with van der Waals surface area (Å²) in [5, 5.41) is 5.65. The molecule has 13 heteroatoms. The summed E-state index contributed by atoms with van der Waals surface area (Å²) in [5.74, 6) is 1.12. The summed E-state index contributed by atoms with van der Waals surface area (Å²) in [7, 11) is 0. The molecule has 0 fully saturated rings. The number of nitrogens with zero attached hydrogens (tertiary/aromatic N) is 4. The van der Waals surface area contributed by atoms with Crippen molar-refractivity contribution in [3.8, 4) is 22.5 Å².